The number of halogens is 1. The number of benzene rings is 2. The van der Waals surface area contributed by atoms with Gasteiger partial charge < -0.3 is 15.5 Å². The van der Waals surface area contributed by atoms with Crippen LogP contribution in [-0.2, 0) is 14.4 Å². The molecule has 32 heavy (non-hydrogen) atoms. The molecule has 2 fully saturated rings. The lowest BCUT2D eigenvalue weighted by Crippen LogP contribution is -2.54. The molecular weight excluding hydrogens is 428 g/mol. The largest absolute Gasteiger partial charge is 0.345 e. The smallest absolute Gasteiger partial charge is 0.311 e. The van der Waals surface area contributed by atoms with Crippen molar-refractivity contribution in [2.24, 2.45) is 0 Å². The van der Waals surface area contributed by atoms with Gasteiger partial charge in [0.1, 0.15) is 6.04 Å². The van der Waals surface area contributed by atoms with Crippen molar-refractivity contribution in [2.45, 2.75) is 31.8 Å². The van der Waals surface area contributed by atoms with E-state index >= 15 is 0 Å². The molecule has 1 saturated carbocycles. The van der Waals surface area contributed by atoms with E-state index in [1.54, 1.807) is 11.0 Å². The van der Waals surface area contributed by atoms with Crippen LogP contribution in [0.2, 0.25) is 5.02 Å². The summed E-state index contributed by atoms with van der Waals surface area (Å²) in [5, 5.41) is 6.32. The summed E-state index contributed by atoms with van der Waals surface area (Å²) in [5.74, 6) is -1.19. The molecule has 1 aliphatic heterocycles. The van der Waals surface area contributed by atoms with E-state index in [2.05, 4.69) is 10.6 Å². The van der Waals surface area contributed by atoms with E-state index in [-0.39, 0.29) is 11.9 Å². The fraction of sp³-hybridized carbons (Fsp3) is 0.375. The molecule has 1 unspecified atom stereocenters. The number of nitrogens with zero attached hydrogens (tertiary/aromatic N) is 2. The quantitative estimate of drug-likeness (QED) is 0.681. The van der Waals surface area contributed by atoms with E-state index in [1.807, 2.05) is 54.3 Å². The second-order valence-corrected chi connectivity index (χ2v) is 8.75. The number of carbonyl (C=O) groups excluding carboxylic acids is 3. The second kappa shape index (κ2) is 9.71. The molecule has 8 heteroatoms. The summed E-state index contributed by atoms with van der Waals surface area (Å²) in [6.45, 7) is 3.67. The van der Waals surface area contributed by atoms with E-state index in [0.717, 1.165) is 24.0 Å². The summed E-state index contributed by atoms with van der Waals surface area (Å²) < 4.78 is 0. The normalized spacial score (nSPS) is 17.5. The predicted molar refractivity (Wildman–Crippen MR) is 123 cm³/mol. The first kappa shape index (κ1) is 22.3. The maximum Gasteiger partial charge on any atom is 0.311 e. The highest BCUT2D eigenvalue weighted by molar-refractivity contribution is 6.35. The average Bonchev–Trinajstić information content (AvgIpc) is 3.61. The molecule has 0 spiro atoms. The molecule has 0 radical (unpaired) electrons. The molecule has 2 aromatic rings. The number of carbonyl (C=O) groups is 3. The highest BCUT2D eigenvalue weighted by Crippen LogP contribution is 2.26. The highest BCUT2D eigenvalue weighted by atomic mass is 35.5. The molecule has 2 N–H and O–H groups in total. The lowest BCUT2D eigenvalue weighted by atomic mass is 10.0. The summed E-state index contributed by atoms with van der Waals surface area (Å²) >= 11 is 6.22. The third-order valence-electron chi connectivity index (χ3n) is 5.88. The molecule has 7 nitrogen and oxygen atoms in total. The molecule has 1 atom stereocenters. The van der Waals surface area contributed by atoms with E-state index in [1.165, 1.54) is 0 Å². The van der Waals surface area contributed by atoms with Gasteiger partial charge in [-0.25, -0.2) is 0 Å². The first-order chi connectivity index (χ1) is 15.4. The minimum absolute atomic E-state index is 0.147. The van der Waals surface area contributed by atoms with Crippen LogP contribution in [0.4, 0.5) is 5.69 Å². The SMILES string of the molecule is Cc1ccc(NC(=O)C(c2ccccc2)N2CCN(C(=O)C(=O)NC3CC3)CC2)cc1Cl. The summed E-state index contributed by atoms with van der Waals surface area (Å²) in [6, 6.07) is 14.6. The molecule has 2 aromatic carbocycles. The molecule has 4 rings (SSSR count). The number of rotatable bonds is 5. The van der Waals surface area contributed by atoms with Crippen LogP contribution >= 0.6 is 11.6 Å². The molecule has 1 aliphatic carbocycles. The molecule has 2 aliphatic rings. The monoisotopic (exact) mass is 454 g/mol. The molecule has 0 aromatic heterocycles. The number of piperazine rings is 1. The number of nitrogens with one attached hydrogen (secondary N) is 2. The van der Waals surface area contributed by atoms with Crippen LogP contribution in [0, 0.1) is 6.92 Å². The lowest BCUT2D eigenvalue weighted by molar-refractivity contribution is -0.147. The standard InChI is InChI=1S/C24H27ClN4O3/c1-16-7-8-19(15-20(16)25)27-22(30)21(17-5-3-2-4-6-17)28-11-13-29(14-12-28)24(32)23(31)26-18-9-10-18/h2-8,15,18,21H,9-14H2,1H3,(H,26,31)(H,27,30). The van der Waals surface area contributed by atoms with Crippen molar-refractivity contribution in [1.82, 2.24) is 15.1 Å². The van der Waals surface area contributed by atoms with Crippen LogP contribution < -0.4 is 10.6 Å². The number of anilines is 1. The first-order valence-electron chi connectivity index (χ1n) is 10.9. The van der Waals surface area contributed by atoms with Gasteiger partial charge in [-0.2, -0.15) is 0 Å². The first-order valence-corrected chi connectivity index (χ1v) is 11.3. The Labute approximate surface area is 192 Å². The maximum atomic E-state index is 13.3. The minimum atomic E-state index is -0.533. The predicted octanol–water partition coefficient (Wildman–Crippen LogP) is 2.75. The number of amides is 3. The van der Waals surface area contributed by atoms with Gasteiger partial charge >= 0.3 is 11.8 Å². The van der Waals surface area contributed by atoms with Crippen molar-refractivity contribution in [1.29, 1.82) is 0 Å². The van der Waals surface area contributed by atoms with Crippen LogP contribution in [0.5, 0.6) is 0 Å². The molecule has 168 valence electrons. The van der Waals surface area contributed by atoms with E-state index in [0.29, 0.717) is 36.9 Å². The number of hydrogen-bond donors (Lipinski definition) is 2. The van der Waals surface area contributed by atoms with E-state index in [4.69, 9.17) is 11.6 Å². The van der Waals surface area contributed by atoms with Crippen LogP contribution in [0.1, 0.15) is 30.0 Å². The van der Waals surface area contributed by atoms with Crippen molar-refractivity contribution < 1.29 is 14.4 Å². The molecule has 0 bridgehead atoms. The molecule has 3 amide bonds. The van der Waals surface area contributed by atoms with Gasteiger partial charge in [-0.05, 0) is 43.0 Å². The average molecular weight is 455 g/mol. The zero-order valence-electron chi connectivity index (χ0n) is 18.0. The minimum Gasteiger partial charge on any atom is -0.345 e. The van der Waals surface area contributed by atoms with Crippen molar-refractivity contribution in [3.05, 3.63) is 64.7 Å². The van der Waals surface area contributed by atoms with Crippen LogP contribution in [-0.4, -0.2) is 59.7 Å². The van der Waals surface area contributed by atoms with Gasteiger partial charge in [0, 0.05) is 42.9 Å². The number of aryl methyl sites for hydroxylation is 1. The van der Waals surface area contributed by atoms with Crippen molar-refractivity contribution >= 4 is 35.0 Å². The van der Waals surface area contributed by atoms with Crippen molar-refractivity contribution in [2.75, 3.05) is 31.5 Å². The Morgan fingerprint density at radius 1 is 1.00 bits per heavy atom. The Morgan fingerprint density at radius 2 is 1.69 bits per heavy atom. The van der Waals surface area contributed by atoms with Crippen LogP contribution in [0.25, 0.3) is 0 Å². The van der Waals surface area contributed by atoms with Gasteiger partial charge in [0.2, 0.25) is 5.91 Å². The molecule has 1 heterocycles. The maximum absolute atomic E-state index is 13.3. The third-order valence-corrected chi connectivity index (χ3v) is 6.28. The summed E-state index contributed by atoms with van der Waals surface area (Å²) in [6.07, 6.45) is 1.87. The fourth-order valence-electron chi connectivity index (χ4n) is 3.85. The Kier molecular flexibility index (Phi) is 6.77. The van der Waals surface area contributed by atoms with E-state index in [9.17, 15) is 14.4 Å². The lowest BCUT2D eigenvalue weighted by Gasteiger charge is -2.38. The summed E-state index contributed by atoms with van der Waals surface area (Å²) in [7, 11) is 0. The fourth-order valence-corrected chi connectivity index (χ4v) is 4.03. The van der Waals surface area contributed by atoms with Gasteiger partial charge in [-0.1, -0.05) is 48.0 Å². The van der Waals surface area contributed by atoms with Gasteiger partial charge in [-0.15, -0.1) is 0 Å². The summed E-state index contributed by atoms with van der Waals surface area (Å²) in [4.78, 5) is 41.5. The third kappa shape index (κ3) is 5.29. The Hall–Kier alpha value is -2.90. The molecule has 1 saturated heterocycles. The van der Waals surface area contributed by atoms with Crippen LogP contribution in [0.15, 0.2) is 48.5 Å². The molecular formula is C24H27ClN4O3. The van der Waals surface area contributed by atoms with Crippen molar-refractivity contribution in [3.63, 3.8) is 0 Å². The second-order valence-electron chi connectivity index (χ2n) is 8.34. The Bertz CT molecular complexity index is 1000. The van der Waals surface area contributed by atoms with E-state index < -0.39 is 17.9 Å². The van der Waals surface area contributed by atoms with Gasteiger partial charge in [-0.3, -0.25) is 19.3 Å². The van der Waals surface area contributed by atoms with Crippen molar-refractivity contribution in [3.8, 4) is 0 Å². The zero-order valence-corrected chi connectivity index (χ0v) is 18.8. The van der Waals surface area contributed by atoms with Gasteiger partial charge in [0.05, 0.1) is 0 Å². The van der Waals surface area contributed by atoms with Crippen LogP contribution in [0.3, 0.4) is 0 Å². The highest BCUT2D eigenvalue weighted by Gasteiger charge is 2.34. The topological polar surface area (TPSA) is 81.8 Å². The Morgan fingerprint density at radius 3 is 2.31 bits per heavy atom. The zero-order chi connectivity index (χ0) is 22.7. The Balaban J connectivity index is 1.45. The van der Waals surface area contributed by atoms with Gasteiger partial charge in [0.15, 0.2) is 0 Å². The summed E-state index contributed by atoms with van der Waals surface area (Å²) in [5.41, 5.74) is 2.45. The van der Waals surface area contributed by atoms with Gasteiger partial charge in [0.25, 0.3) is 0 Å². The number of hydrogen-bond acceptors (Lipinski definition) is 4.